The second-order valence-corrected chi connectivity index (χ2v) is 7.66. The highest BCUT2D eigenvalue weighted by molar-refractivity contribution is 5.81. The lowest BCUT2D eigenvalue weighted by molar-refractivity contribution is -0.132. The quantitative estimate of drug-likeness (QED) is 0.865. The predicted molar refractivity (Wildman–Crippen MR) is 90.1 cm³/mol. The first-order chi connectivity index (χ1) is 11.1. The molecule has 0 atom stereocenters. The number of rotatable bonds is 4. The Bertz CT molecular complexity index is 442. The number of carbonyl (C=O) groups is 2. The van der Waals surface area contributed by atoms with E-state index in [-0.39, 0.29) is 11.9 Å². The van der Waals surface area contributed by atoms with Gasteiger partial charge in [0, 0.05) is 38.6 Å². The summed E-state index contributed by atoms with van der Waals surface area (Å²) in [6.07, 6.45) is 9.23. The summed E-state index contributed by atoms with van der Waals surface area (Å²) < 4.78 is 0. The van der Waals surface area contributed by atoms with Crippen LogP contribution in [0.3, 0.4) is 0 Å². The maximum absolute atomic E-state index is 12.5. The molecule has 3 fully saturated rings. The number of hydrogen-bond donors (Lipinski definition) is 1. The molecule has 0 radical (unpaired) electrons. The second-order valence-electron chi connectivity index (χ2n) is 7.66. The van der Waals surface area contributed by atoms with E-state index in [1.54, 1.807) is 0 Å². The monoisotopic (exact) mass is 321 g/mol. The average Bonchev–Trinajstić information content (AvgIpc) is 3.35. The summed E-state index contributed by atoms with van der Waals surface area (Å²) in [6, 6.07) is 0.0606. The van der Waals surface area contributed by atoms with Gasteiger partial charge in [0.2, 0.25) is 5.91 Å². The summed E-state index contributed by atoms with van der Waals surface area (Å²) in [7, 11) is 0. The molecular formula is C18H31N3O2. The van der Waals surface area contributed by atoms with Gasteiger partial charge in [-0.05, 0) is 43.9 Å². The zero-order valence-corrected chi connectivity index (χ0v) is 14.5. The predicted octanol–water partition coefficient (Wildman–Crippen LogP) is 2.61. The van der Waals surface area contributed by atoms with Crippen LogP contribution in [-0.2, 0) is 4.79 Å². The van der Waals surface area contributed by atoms with Crippen molar-refractivity contribution in [3.63, 3.8) is 0 Å². The summed E-state index contributed by atoms with van der Waals surface area (Å²) in [5, 5.41) is 3.18. The molecule has 2 aliphatic carbocycles. The molecule has 23 heavy (non-hydrogen) atoms. The van der Waals surface area contributed by atoms with E-state index in [9.17, 15) is 9.59 Å². The van der Waals surface area contributed by atoms with Gasteiger partial charge in [-0.2, -0.15) is 0 Å². The summed E-state index contributed by atoms with van der Waals surface area (Å²) in [6.45, 7) is 5.98. The van der Waals surface area contributed by atoms with E-state index in [0.29, 0.717) is 24.4 Å². The topological polar surface area (TPSA) is 52.7 Å². The van der Waals surface area contributed by atoms with E-state index >= 15 is 0 Å². The van der Waals surface area contributed by atoms with Gasteiger partial charge < -0.3 is 15.1 Å². The van der Waals surface area contributed by atoms with Gasteiger partial charge in [-0.3, -0.25) is 4.79 Å². The zero-order valence-electron chi connectivity index (χ0n) is 14.5. The van der Waals surface area contributed by atoms with Crippen LogP contribution in [0.4, 0.5) is 4.79 Å². The number of hydrogen-bond acceptors (Lipinski definition) is 2. The lowest BCUT2D eigenvalue weighted by Crippen LogP contribution is -2.45. The Labute approximate surface area is 139 Å². The summed E-state index contributed by atoms with van der Waals surface area (Å²) in [4.78, 5) is 28.5. The van der Waals surface area contributed by atoms with Crippen LogP contribution in [0.5, 0.6) is 0 Å². The van der Waals surface area contributed by atoms with E-state index in [1.165, 1.54) is 25.7 Å². The van der Waals surface area contributed by atoms with Gasteiger partial charge >= 0.3 is 6.03 Å². The molecule has 130 valence electrons. The third-order valence-corrected chi connectivity index (χ3v) is 6.05. The molecule has 0 aromatic rings. The number of urea groups is 1. The van der Waals surface area contributed by atoms with Gasteiger partial charge in [0.1, 0.15) is 0 Å². The molecule has 3 amide bonds. The Kier molecular flexibility index (Phi) is 5.12. The van der Waals surface area contributed by atoms with Crippen molar-refractivity contribution in [2.24, 2.45) is 11.3 Å². The summed E-state index contributed by atoms with van der Waals surface area (Å²) >= 11 is 0. The third-order valence-electron chi connectivity index (χ3n) is 6.05. The first-order valence-electron chi connectivity index (χ1n) is 9.45. The second kappa shape index (κ2) is 7.10. The van der Waals surface area contributed by atoms with Crippen LogP contribution in [0.2, 0.25) is 0 Å². The van der Waals surface area contributed by atoms with Crippen LogP contribution in [-0.4, -0.2) is 54.5 Å². The molecule has 1 heterocycles. The van der Waals surface area contributed by atoms with Gasteiger partial charge in [0.25, 0.3) is 0 Å². The lowest BCUT2D eigenvalue weighted by Gasteiger charge is -2.29. The van der Waals surface area contributed by atoms with Crippen LogP contribution >= 0.6 is 0 Å². The average molecular weight is 321 g/mol. The maximum atomic E-state index is 12.5. The fourth-order valence-electron chi connectivity index (χ4n) is 4.08. The minimum absolute atomic E-state index is 0.0606. The SMILES string of the molecule is CCC1(CNC(=O)N2CCCN(C(=O)C3CC3)CC2)CCCC1. The molecular weight excluding hydrogens is 290 g/mol. The van der Waals surface area contributed by atoms with Crippen molar-refractivity contribution in [1.82, 2.24) is 15.1 Å². The zero-order chi connectivity index (χ0) is 16.3. The largest absolute Gasteiger partial charge is 0.341 e. The molecule has 3 rings (SSSR count). The Morgan fingerprint density at radius 3 is 2.30 bits per heavy atom. The smallest absolute Gasteiger partial charge is 0.317 e. The molecule has 1 N–H and O–H groups in total. The van der Waals surface area contributed by atoms with Gasteiger partial charge in [0.15, 0.2) is 0 Å². The first-order valence-corrected chi connectivity index (χ1v) is 9.45. The molecule has 5 nitrogen and oxygen atoms in total. The van der Waals surface area contributed by atoms with E-state index in [0.717, 1.165) is 45.3 Å². The minimum atomic E-state index is 0.0606. The van der Waals surface area contributed by atoms with Crippen molar-refractivity contribution in [1.29, 1.82) is 0 Å². The first kappa shape index (κ1) is 16.6. The van der Waals surface area contributed by atoms with Crippen LogP contribution in [0, 0.1) is 11.3 Å². The minimum Gasteiger partial charge on any atom is -0.341 e. The van der Waals surface area contributed by atoms with Crippen LogP contribution in [0.25, 0.3) is 0 Å². The Morgan fingerprint density at radius 1 is 1.00 bits per heavy atom. The Balaban J connectivity index is 1.46. The summed E-state index contributed by atoms with van der Waals surface area (Å²) in [5.41, 5.74) is 0.329. The van der Waals surface area contributed by atoms with E-state index in [2.05, 4.69) is 12.2 Å². The normalized spacial score (nSPS) is 24.4. The van der Waals surface area contributed by atoms with Crippen LogP contribution in [0.1, 0.15) is 58.3 Å². The Morgan fingerprint density at radius 2 is 1.65 bits per heavy atom. The van der Waals surface area contributed by atoms with Crippen molar-refractivity contribution in [3.8, 4) is 0 Å². The lowest BCUT2D eigenvalue weighted by atomic mass is 9.83. The number of carbonyl (C=O) groups excluding carboxylic acids is 2. The van der Waals surface area contributed by atoms with Crippen molar-refractivity contribution in [2.75, 3.05) is 32.7 Å². The third kappa shape index (κ3) is 3.99. The molecule has 0 spiro atoms. The van der Waals surface area contributed by atoms with Crippen molar-refractivity contribution in [2.45, 2.75) is 58.3 Å². The molecule has 2 saturated carbocycles. The molecule has 1 saturated heterocycles. The van der Waals surface area contributed by atoms with E-state index in [1.807, 2.05) is 9.80 Å². The maximum Gasteiger partial charge on any atom is 0.317 e. The van der Waals surface area contributed by atoms with Crippen molar-refractivity contribution in [3.05, 3.63) is 0 Å². The van der Waals surface area contributed by atoms with Gasteiger partial charge in [0.05, 0.1) is 0 Å². The number of nitrogens with one attached hydrogen (secondary N) is 1. The van der Waals surface area contributed by atoms with Crippen molar-refractivity contribution < 1.29 is 9.59 Å². The van der Waals surface area contributed by atoms with Gasteiger partial charge in [-0.15, -0.1) is 0 Å². The standard InChI is InChI=1S/C18H31N3O2/c1-2-18(8-3-4-9-18)14-19-17(23)21-11-5-10-20(12-13-21)16(22)15-6-7-15/h15H,2-14H2,1H3,(H,19,23). The Hall–Kier alpha value is -1.26. The van der Waals surface area contributed by atoms with Gasteiger partial charge in [-0.25, -0.2) is 4.79 Å². The molecule has 0 unspecified atom stereocenters. The fourth-order valence-corrected chi connectivity index (χ4v) is 4.08. The van der Waals surface area contributed by atoms with Crippen LogP contribution in [0.15, 0.2) is 0 Å². The van der Waals surface area contributed by atoms with E-state index < -0.39 is 0 Å². The van der Waals surface area contributed by atoms with Crippen molar-refractivity contribution >= 4 is 11.9 Å². The van der Waals surface area contributed by atoms with E-state index in [4.69, 9.17) is 0 Å². The van der Waals surface area contributed by atoms with Crippen LogP contribution < -0.4 is 5.32 Å². The molecule has 0 aromatic heterocycles. The molecule has 1 aliphatic heterocycles. The highest BCUT2D eigenvalue weighted by Crippen LogP contribution is 2.40. The molecule has 0 bridgehead atoms. The number of amides is 3. The highest BCUT2D eigenvalue weighted by atomic mass is 16.2. The molecule has 3 aliphatic rings. The van der Waals surface area contributed by atoms with Gasteiger partial charge in [-0.1, -0.05) is 19.8 Å². The molecule has 5 heteroatoms. The fraction of sp³-hybridized carbons (Fsp3) is 0.889. The highest BCUT2D eigenvalue weighted by Gasteiger charge is 2.35. The number of nitrogens with zero attached hydrogens (tertiary/aromatic N) is 2. The molecule has 0 aromatic carbocycles. The summed E-state index contributed by atoms with van der Waals surface area (Å²) in [5.74, 6) is 0.588.